The van der Waals surface area contributed by atoms with E-state index in [4.69, 9.17) is 0 Å². The van der Waals surface area contributed by atoms with E-state index in [0.29, 0.717) is 0 Å². The summed E-state index contributed by atoms with van der Waals surface area (Å²) in [5.74, 6) is 0. The fraction of sp³-hybridized carbons (Fsp3) is 0.280. The Hall–Kier alpha value is -2.34. The van der Waals surface area contributed by atoms with Crippen molar-refractivity contribution in [2.45, 2.75) is 48.0 Å². The molecule has 0 N–H and O–H groups in total. The second-order valence-electron chi connectivity index (χ2n) is 5.30. The summed E-state index contributed by atoms with van der Waals surface area (Å²) in [4.78, 5) is 0. The Kier molecular flexibility index (Phi) is 13.8. The molecule has 3 aromatic carbocycles. The largest absolute Gasteiger partial charge is 0.0683 e. The van der Waals surface area contributed by atoms with Gasteiger partial charge in [-0.1, -0.05) is 124 Å². The highest BCUT2D eigenvalue weighted by atomic mass is 14.0. The lowest BCUT2D eigenvalue weighted by molar-refractivity contribution is 1.19. The lowest BCUT2D eigenvalue weighted by Gasteiger charge is -2.01. The molecule has 0 saturated heterocycles. The maximum Gasteiger partial charge on any atom is -0.00258 e. The van der Waals surface area contributed by atoms with E-state index >= 15 is 0 Å². The standard InChI is InChI=1S/C14H14.C7H8.2C2H6/c1-12-7-9-14(10-8-12)11-13-5-3-2-4-6-13;1-7-5-3-2-4-6-7;2*1-2/h2-10H,11H2,1H3;2-6H,1H3;2*1-2H3. The summed E-state index contributed by atoms with van der Waals surface area (Å²) in [5.41, 5.74) is 5.39. The van der Waals surface area contributed by atoms with E-state index in [1.54, 1.807) is 0 Å². The molecule has 0 aliphatic heterocycles. The number of rotatable bonds is 2. The number of hydrogen-bond donors (Lipinski definition) is 0. The third-order valence-corrected chi connectivity index (χ3v) is 3.31. The molecule has 0 radical (unpaired) electrons. The Labute approximate surface area is 155 Å². The van der Waals surface area contributed by atoms with Crippen LogP contribution >= 0.6 is 0 Å². The van der Waals surface area contributed by atoms with Gasteiger partial charge in [0.1, 0.15) is 0 Å². The van der Waals surface area contributed by atoms with Gasteiger partial charge in [0.2, 0.25) is 0 Å². The second-order valence-corrected chi connectivity index (χ2v) is 5.30. The van der Waals surface area contributed by atoms with Crippen molar-refractivity contribution in [1.82, 2.24) is 0 Å². The van der Waals surface area contributed by atoms with Gasteiger partial charge in [-0.05, 0) is 31.4 Å². The van der Waals surface area contributed by atoms with Gasteiger partial charge in [-0.15, -0.1) is 0 Å². The van der Waals surface area contributed by atoms with Crippen molar-refractivity contribution in [2.24, 2.45) is 0 Å². The molecule has 0 amide bonds. The molecule has 0 heterocycles. The van der Waals surface area contributed by atoms with E-state index in [1.165, 1.54) is 22.3 Å². The second kappa shape index (κ2) is 15.2. The third kappa shape index (κ3) is 10.9. The van der Waals surface area contributed by atoms with Crippen molar-refractivity contribution in [3.63, 3.8) is 0 Å². The van der Waals surface area contributed by atoms with Gasteiger partial charge >= 0.3 is 0 Å². The Morgan fingerprint density at radius 3 is 1.20 bits per heavy atom. The summed E-state index contributed by atoms with van der Waals surface area (Å²) in [5, 5.41) is 0. The van der Waals surface area contributed by atoms with E-state index in [1.807, 2.05) is 45.9 Å². The van der Waals surface area contributed by atoms with Crippen molar-refractivity contribution < 1.29 is 0 Å². The topological polar surface area (TPSA) is 0 Å². The predicted molar refractivity (Wildman–Crippen MR) is 114 cm³/mol. The zero-order valence-electron chi connectivity index (χ0n) is 16.8. The van der Waals surface area contributed by atoms with Gasteiger partial charge in [0.15, 0.2) is 0 Å². The summed E-state index contributed by atoms with van der Waals surface area (Å²) in [7, 11) is 0. The summed E-state index contributed by atoms with van der Waals surface area (Å²) < 4.78 is 0. The molecule has 3 rings (SSSR count). The average Bonchev–Trinajstić information content (AvgIpc) is 2.69. The van der Waals surface area contributed by atoms with E-state index in [2.05, 4.69) is 80.6 Å². The number of benzene rings is 3. The van der Waals surface area contributed by atoms with Crippen molar-refractivity contribution in [1.29, 1.82) is 0 Å². The highest BCUT2D eigenvalue weighted by Gasteiger charge is 1.94. The van der Waals surface area contributed by atoms with Crippen LogP contribution in [0.25, 0.3) is 0 Å². The highest BCUT2D eigenvalue weighted by Crippen LogP contribution is 2.09. The van der Waals surface area contributed by atoms with E-state index < -0.39 is 0 Å². The maximum atomic E-state index is 2.20. The Morgan fingerprint density at radius 1 is 0.440 bits per heavy atom. The third-order valence-electron chi connectivity index (χ3n) is 3.31. The van der Waals surface area contributed by atoms with Gasteiger partial charge in [-0.25, -0.2) is 0 Å². The van der Waals surface area contributed by atoms with Crippen LogP contribution in [0.3, 0.4) is 0 Å². The summed E-state index contributed by atoms with van der Waals surface area (Å²) in [6.07, 6.45) is 1.03. The summed E-state index contributed by atoms with van der Waals surface area (Å²) >= 11 is 0. The van der Waals surface area contributed by atoms with Crippen molar-refractivity contribution >= 4 is 0 Å². The molecule has 0 bridgehead atoms. The van der Waals surface area contributed by atoms with Gasteiger partial charge in [0.25, 0.3) is 0 Å². The summed E-state index contributed by atoms with van der Waals surface area (Å²) in [6, 6.07) is 29.5. The number of aryl methyl sites for hydroxylation is 2. The predicted octanol–water partition coefficient (Wildman–Crippen LogP) is 7.63. The molecule has 0 saturated carbocycles. The molecule has 0 nitrogen and oxygen atoms in total. The van der Waals surface area contributed by atoms with Crippen LogP contribution in [-0.2, 0) is 6.42 Å². The quantitative estimate of drug-likeness (QED) is 0.452. The van der Waals surface area contributed by atoms with E-state index in [-0.39, 0.29) is 0 Å². The molecule has 25 heavy (non-hydrogen) atoms. The zero-order chi connectivity index (χ0) is 18.9. The SMILES string of the molecule is CC.CC.Cc1ccc(Cc2ccccc2)cc1.Cc1ccccc1. The molecular formula is C25H34. The molecule has 0 spiro atoms. The lowest BCUT2D eigenvalue weighted by atomic mass is 10.0. The van der Waals surface area contributed by atoms with Crippen molar-refractivity contribution in [3.8, 4) is 0 Å². The lowest BCUT2D eigenvalue weighted by Crippen LogP contribution is -1.86. The van der Waals surface area contributed by atoms with Crippen LogP contribution < -0.4 is 0 Å². The van der Waals surface area contributed by atoms with E-state index in [0.717, 1.165) is 6.42 Å². The highest BCUT2D eigenvalue weighted by molar-refractivity contribution is 5.28. The first-order chi connectivity index (χ1) is 12.2. The normalized spacial score (nSPS) is 8.56. The number of hydrogen-bond acceptors (Lipinski definition) is 0. The first kappa shape index (κ1) is 22.7. The monoisotopic (exact) mass is 334 g/mol. The Morgan fingerprint density at radius 2 is 0.800 bits per heavy atom. The maximum absolute atomic E-state index is 2.20. The molecule has 0 aliphatic rings. The molecule has 0 aromatic heterocycles. The van der Waals surface area contributed by atoms with Crippen LogP contribution in [0.15, 0.2) is 84.9 Å². The fourth-order valence-electron chi connectivity index (χ4n) is 2.07. The first-order valence-electron chi connectivity index (χ1n) is 9.35. The van der Waals surface area contributed by atoms with Gasteiger partial charge < -0.3 is 0 Å². The minimum Gasteiger partial charge on any atom is -0.0683 e. The molecule has 3 aromatic rings. The molecule has 0 aliphatic carbocycles. The molecular weight excluding hydrogens is 300 g/mol. The van der Waals surface area contributed by atoms with Gasteiger partial charge in [-0.2, -0.15) is 0 Å². The van der Waals surface area contributed by atoms with Gasteiger partial charge in [0, 0.05) is 0 Å². The van der Waals surface area contributed by atoms with Gasteiger partial charge in [0.05, 0.1) is 0 Å². The van der Waals surface area contributed by atoms with Gasteiger partial charge in [-0.3, -0.25) is 0 Å². The molecule has 0 atom stereocenters. The van der Waals surface area contributed by atoms with E-state index in [9.17, 15) is 0 Å². The van der Waals surface area contributed by atoms with Crippen LogP contribution in [0.4, 0.5) is 0 Å². The zero-order valence-corrected chi connectivity index (χ0v) is 16.8. The molecule has 0 unspecified atom stereocenters. The summed E-state index contributed by atoms with van der Waals surface area (Å²) in [6.45, 7) is 12.2. The van der Waals surface area contributed by atoms with Crippen molar-refractivity contribution in [3.05, 3.63) is 107 Å². The fourth-order valence-corrected chi connectivity index (χ4v) is 2.07. The first-order valence-corrected chi connectivity index (χ1v) is 9.35. The molecule has 0 fully saturated rings. The minimum atomic E-state index is 1.03. The van der Waals surface area contributed by atoms with Crippen molar-refractivity contribution in [2.75, 3.05) is 0 Å². The Balaban J connectivity index is 0.000000441. The van der Waals surface area contributed by atoms with Crippen LogP contribution in [-0.4, -0.2) is 0 Å². The van der Waals surface area contributed by atoms with Crippen LogP contribution in [0, 0.1) is 13.8 Å². The molecule has 134 valence electrons. The molecule has 0 heteroatoms. The average molecular weight is 335 g/mol. The van der Waals surface area contributed by atoms with Crippen LogP contribution in [0.1, 0.15) is 49.9 Å². The smallest absolute Gasteiger partial charge is 0.00258 e. The van der Waals surface area contributed by atoms with Crippen LogP contribution in [0.2, 0.25) is 0 Å². The minimum absolute atomic E-state index is 1.03. The van der Waals surface area contributed by atoms with Crippen LogP contribution in [0.5, 0.6) is 0 Å². The Bertz CT molecular complexity index is 622.